The molecule has 4 rings (SSSR count). The van der Waals surface area contributed by atoms with Gasteiger partial charge in [0.1, 0.15) is 12.1 Å². The summed E-state index contributed by atoms with van der Waals surface area (Å²) < 4.78 is 26.5. The van der Waals surface area contributed by atoms with Gasteiger partial charge in [-0.05, 0) is 34.9 Å². The summed E-state index contributed by atoms with van der Waals surface area (Å²) in [7, 11) is -3.88. The van der Waals surface area contributed by atoms with E-state index >= 15 is 0 Å². The number of nitrogens with zero attached hydrogens (tertiary/aromatic N) is 2. The van der Waals surface area contributed by atoms with Crippen molar-refractivity contribution in [3.05, 3.63) is 113 Å². The number of rotatable bonds is 4. The summed E-state index contributed by atoms with van der Waals surface area (Å²) in [5.74, 6) is 0. The molecule has 0 aliphatic carbocycles. The van der Waals surface area contributed by atoms with Crippen molar-refractivity contribution < 1.29 is 8.42 Å². The van der Waals surface area contributed by atoms with Crippen LogP contribution in [0.4, 0.5) is 0 Å². The van der Waals surface area contributed by atoms with E-state index in [9.17, 15) is 18.9 Å². The van der Waals surface area contributed by atoms with E-state index in [2.05, 4.69) is 12.1 Å². The highest BCUT2D eigenvalue weighted by Crippen LogP contribution is 2.57. The van der Waals surface area contributed by atoms with E-state index in [1.54, 1.807) is 18.2 Å². The Labute approximate surface area is 181 Å². The molecule has 1 aliphatic heterocycles. The molecule has 1 heterocycles. The second-order valence-corrected chi connectivity index (χ2v) is 12.1. The van der Waals surface area contributed by atoms with Crippen molar-refractivity contribution in [1.82, 2.24) is 0 Å². The van der Waals surface area contributed by atoms with Gasteiger partial charge in [-0.15, -0.1) is 0 Å². The average molecular weight is 440 g/mol. The summed E-state index contributed by atoms with van der Waals surface area (Å²) in [5.41, 5.74) is 0. The van der Waals surface area contributed by atoms with Crippen molar-refractivity contribution in [2.75, 3.05) is 0 Å². The van der Waals surface area contributed by atoms with E-state index in [0.717, 1.165) is 10.6 Å². The molecule has 0 aromatic heterocycles. The molecule has 0 atom stereocenters. The molecule has 4 nitrogen and oxygen atoms in total. The third-order valence-electron chi connectivity index (χ3n) is 5.16. The lowest BCUT2D eigenvalue weighted by molar-refractivity contribution is 0.603. The van der Waals surface area contributed by atoms with Gasteiger partial charge in [-0.25, -0.2) is 8.42 Å². The topological polar surface area (TPSA) is 81.7 Å². The first-order chi connectivity index (χ1) is 15.0. The zero-order valence-electron chi connectivity index (χ0n) is 16.4. The third-order valence-corrected chi connectivity index (χ3v) is 11.0. The zero-order chi connectivity index (χ0) is 21.9. The summed E-state index contributed by atoms with van der Waals surface area (Å²) >= 11 is 0. The quantitative estimate of drug-likeness (QED) is 0.572. The summed E-state index contributed by atoms with van der Waals surface area (Å²) in [6, 6.07) is 31.3. The fourth-order valence-corrected chi connectivity index (χ4v) is 9.13. The lowest BCUT2D eigenvalue weighted by atomic mass is 10.3. The number of hydrogen-bond acceptors (Lipinski definition) is 4. The first kappa shape index (κ1) is 20.6. The van der Waals surface area contributed by atoms with Gasteiger partial charge in [-0.3, -0.25) is 0 Å². The molecule has 0 unspecified atom stereocenters. The van der Waals surface area contributed by atoms with Gasteiger partial charge in [0.05, 0.1) is 20.4 Å². The predicted octanol–water partition coefficient (Wildman–Crippen LogP) is 4.13. The van der Waals surface area contributed by atoms with Crippen LogP contribution in [0.25, 0.3) is 0 Å². The highest BCUT2D eigenvalue weighted by molar-refractivity contribution is 7.96. The SMILES string of the molecule is N#CC1=CC(S(=O)(=O)c2ccccc2)=CC(C#N)=P1(c1ccccc1)c1ccccc1. The minimum atomic E-state index is -3.88. The van der Waals surface area contributed by atoms with Crippen LogP contribution >= 0.6 is 6.89 Å². The molecule has 1 aliphatic rings. The number of nitriles is 2. The second-order valence-electron chi connectivity index (χ2n) is 6.84. The Kier molecular flexibility index (Phi) is 5.49. The standard InChI is InChI=1S/C25H17N2O2PS/c26-18-22-16-25(31(28,29)24-14-8-3-9-15-24)17-23(19-27)30(22,20-10-4-1-5-11-20)21-12-6-2-7-13-21/h1-17H. The number of benzene rings is 3. The van der Waals surface area contributed by atoms with Gasteiger partial charge in [0.15, 0.2) is 0 Å². The summed E-state index contributed by atoms with van der Waals surface area (Å²) in [5, 5.41) is 22.6. The first-order valence-corrected chi connectivity index (χ1v) is 12.7. The molecule has 0 amide bonds. The van der Waals surface area contributed by atoms with Gasteiger partial charge >= 0.3 is 0 Å². The predicted molar refractivity (Wildman–Crippen MR) is 125 cm³/mol. The Morgan fingerprint density at radius 1 is 0.645 bits per heavy atom. The van der Waals surface area contributed by atoms with Crippen molar-refractivity contribution in [2.45, 2.75) is 4.90 Å². The minimum absolute atomic E-state index is 0.0470. The molecule has 0 radical (unpaired) electrons. The Morgan fingerprint density at radius 3 is 1.58 bits per heavy atom. The van der Waals surface area contributed by atoms with E-state index in [4.69, 9.17) is 0 Å². The molecule has 6 heteroatoms. The Balaban J connectivity index is 2.13. The van der Waals surface area contributed by atoms with Crippen LogP contribution < -0.4 is 10.6 Å². The van der Waals surface area contributed by atoms with Gasteiger partial charge < -0.3 is 0 Å². The summed E-state index contributed by atoms with van der Waals surface area (Å²) in [6.45, 7) is -2.80. The van der Waals surface area contributed by atoms with Crippen LogP contribution in [0.5, 0.6) is 0 Å². The molecule has 150 valence electrons. The Hall–Kier alpha value is -3.63. The maximum absolute atomic E-state index is 13.3. The molecule has 3 aromatic carbocycles. The smallest absolute Gasteiger partial charge is 0.206 e. The Bertz CT molecular complexity index is 1400. The van der Waals surface area contributed by atoms with Gasteiger partial charge in [0.2, 0.25) is 9.84 Å². The van der Waals surface area contributed by atoms with Gasteiger partial charge in [-0.2, -0.15) is 10.5 Å². The van der Waals surface area contributed by atoms with Crippen LogP contribution in [0.3, 0.4) is 0 Å². The molecular weight excluding hydrogens is 423 g/mol. The van der Waals surface area contributed by atoms with Crippen LogP contribution in [0.1, 0.15) is 0 Å². The average Bonchev–Trinajstić information content (AvgIpc) is 2.84. The van der Waals surface area contributed by atoms with Gasteiger partial charge in [0.25, 0.3) is 0 Å². The van der Waals surface area contributed by atoms with Crippen molar-refractivity contribution in [1.29, 1.82) is 10.5 Å². The van der Waals surface area contributed by atoms with Gasteiger partial charge in [0, 0.05) is 6.89 Å². The van der Waals surface area contributed by atoms with Crippen LogP contribution in [-0.2, 0) is 9.84 Å². The van der Waals surface area contributed by atoms with Crippen LogP contribution in [0.2, 0.25) is 0 Å². The van der Waals surface area contributed by atoms with Crippen molar-refractivity contribution >= 4 is 32.6 Å². The van der Waals surface area contributed by atoms with Crippen molar-refractivity contribution in [3.63, 3.8) is 0 Å². The summed E-state index contributed by atoms with van der Waals surface area (Å²) in [6.07, 6.45) is 2.88. The molecule has 0 saturated carbocycles. The minimum Gasteiger partial charge on any atom is -0.219 e. The summed E-state index contributed by atoms with van der Waals surface area (Å²) in [4.78, 5) is 0.0756. The van der Waals surface area contributed by atoms with E-state index in [0.29, 0.717) is 10.6 Å². The van der Waals surface area contributed by atoms with E-state index in [1.165, 1.54) is 24.3 Å². The molecule has 0 spiro atoms. The fourth-order valence-electron chi connectivity index (χ4n) is 3.75. The number of hydrogen-bond donors (Lipinski definition) is 0. The van der Waals surface area contributed by atoms with Crippen molar-refractivity contribution in [2.24, 2.45) is 0 Å². The van der Waals surface area contributed by atoms with E-state index < -0.39 is 16.7 Å². The lowest BCUT2D eigenvalue weighted by Crippen LogP contribution is -2.25. The molecule has 0 saturated heterocycles. The molecule has 0 N–H and O–H groups in total. The molecule has 31 heavy (non-hydrogen) atoms. The highest BCUT2D eigenvalue weighted by atomic mass is 32.2. The monoisotopic (exact) mass is 440 g/mol. The fraction of sp³-hybridized carbons (Fsp3) is 0. The molecule has 3 aromatic rings. The Morgan fingerprint density at radius 2 is 1.13 bits per heavy atom. The van der Waals surface area contributed by atoms with Gasteiger partial charge in [-0.1, -0.05) is 78.9 Å². The van der Waals surface area contributed by atoms with Crippen LogP contribution in [-0.4, -0.2) is 13.7 Å². The molecule has 0 fully saturated rings. The second kappa shape index (κ2) is 8.25. The van der Waals surface area contributed by atoms with Crippen molar-refractivity contribution in [3.8, 4) is 12.1 Å². The normalized spacial score (nSPS) is 15.2. The number of allylic oxidation sites excluding steroid dienone is 3. The van der Waals surface area contributed by atoms with E-state index in [1.807, 2.05) is 60.7 Å². The number of sulfone groups is 1. The zero-order valence-corrected chi connectivity index (χ0v) is 18.1. The third kappa shape index (κ3) is 3.35. The lowest BCUT2D eigenvalue weighted by Gasteiger charge is -2.31. The van der Waals surface area contributed by atoms with Crippen LogP contribution in [0, 0.1) is 22.7 Å². The maximum Gasteiger partial charge on any atom is 0.206 e. The van der Waals surface area contributed by atoms with Crippen LogP contribution in [0.15, 0.2) is 118 Å². The molecule has 0 bridgehead atoms. The highest BCUT2D eigenvalue weighted by Gasteiger charge is 2.36. The maximum atomic E-state index is 13.3. The molecular formula is C25H17N2O2PS. The van der Waals surface area contributed by atoms with E-state index in [-0.39, 0.29) is 9.80 Å². The largest absolute Gasteiger partial charge is 0.219 e. The first-order valence-electron chi connectivity index (χ1n) is 9.47.